The van der Waals surface area contributed by atoms with E-state index < -0.39 is 0 Å². The maximum absolute atomic E-state index is 5.65. The van der Waals surface area contributed by atoms with Crippen LogP contribution in [0.15, 0.2) is 18.3 Å². The van der Waals surface area contributed by atoms with E-state index in [1.807, 2.05) is 0 Å². The Hall–Kier alpha value is -0.650. The Balaban J connectivity index is 2.66. The summed E-state index contributed by atoms with van der Waals surface area (Å²) >= 11 is 9.69. The van der Waals surface area contributed by atoms with Gasteiger partial charge in [0.2, 0.25) is 0 Å². The van der Waals surface area contributed by atoms with E-state index in [0.29, 0.717) is 5.02 Å². The van der Waals surface area contributed by atoms with Gasteiger partial charge in [0, 0.05) is 18.4 Å². The van der Waals surface area contributed by atoms with Crippen molar-refractivity contribution in [2.45, 2.75) is 6.42 Å². The zero-order valence-corrected chi connectivity index (χ0v) is 8.07. The van der Waals surface area contributed by atoms with Crippen molar-refractivity contribution in [3.8, 4) is 11.8 Å². The molecule has 0 saturated carbocycles. The van der Waals surface area contributed by atoms with Crippen LogP contribution in [0.3, 0.4) is 0 Å². The summed E-state index contributed by atoms with van der Waals surface area (Å²) in [6.45, 7) is 0. The van der Waals surface area contributed by atoms with E-state index >= 15 is 0 Å². The smallest absolute Gasteiger partial charge is 0.113 e. The highest BCUT2D eigenvalue weighted by Gasteiger charge is 1.87. The minimum absolute atomic E-state index is 0.634. The summed E-state index contributed by atoms with van der Waals surface area (Å²) in [5.41, 5.74) is 0.751. The maximum Gasteiger partial charge on any atom is 0.113 e. The average molecular weight is 198 g/mol. The maximum atomic E-state index is 5.65. The topological polar surface area (TPSA) is 12.9 Å². The van der Waals surface area contributed by atoms with Crippen molar-refractivity contribution in [1.29, 1.82) is 0 Å². The molecule has 0 atom stereocenters. The zero-order valence-electron chi connectivity index (χ0n) is 6.42. The lowest BCUT2D eigenvalue weighted by molar-refractivity contribution is 1.27. The fourth-order valence-electron chi connectivity index (χ4n) is 0.659. The van der Waals surface area contributed by atoms with Gasteiger partial charge in [0.05, 0.1) is 5.02 Å². The predicted molar refractivity (Wildman–Crippen MR) is 54.6 cm³/mol. The van der Waals surface area contributed by atoms with Gasteiger partial charge >= 0.3 is 0 Å². The first-order valence-electron chi connectivity index (χ1n) is 3.54. The lowest BCUT2D eigenvalue weighted by Crippen LogP contribution is -1.79. The molecule has 0 unspecified atom stereocenters. The van der Waals surface area contributed by atoms with Crippen molar-refractivity contribution in [2.75, 3.05) is 5.75 Å². The summed E-state index contributed by atoms with van der Waals surface area (Å²) in [5.74, 6) is 6.62. The van der Waals surface area contributed by atoms with Gasteiger partial charge in [-0.25, -0.2) is 4.98 Å². The van der Waals surface area contributed by atoms with Crippen LogP contribution in [-0.4, -0.2) is 10.7 Å². The summed E-state index contributed by atoms with van der Waals surface area (Å²) in [6.07, 6.45) is 2.37. The summed E-state index contributed by atoms with van der Waals surface area (Å²) in [4.78, 5) is 4.02. The number of hydrogen-bond donors (Lipinski definition) is 1. The quantitative estimate of drug-likeness (QED) is 0.539. The number of halogens is 1. The first kappa shape index (κ1) is 9.44. The largest absolute Gasteiger partial charge is 0.246 e. The van der Waals surface area contributed by atoms with E-state index in [1.54, 1.807) is 18.3 Å². The highest BCUT2D eigenvalue weighted by molar-refractivity contribution is 7.80. The second-order valence-electron chi connectivity index (χ2n) is 2.14. The van der Waals surface area contributed by atoms with E-state index in [9.17, 15) is 0 Å². The molecule has 0 aliphatic heterocycles. The highest BCUT2D eigenvalue weighted by atomic mass is 35.5. The number of rotatable bonds is 1. The van der Waals surface area contributed by atoms with Crippen LogP contribution in [-0.2, 0) is 0 Å². The van der Waals surface area contributed by atoms with E-state index in [-0.39, 0.29) is 0 Å². The molecule has 1 heterocycles. The molecular weight excluding hydrogens is 190 g/mol. The average Bonchev–Trinajstić information content (AvgIpc) is 2.09. The van der Waals surface area contributed by atoms with E-state index in [4.69, 9.17) is 11.6 Å². The van der Waals surface area contributed by atoms with Crippen molar-refractivity contribution in [3.05, 3.63) is 29.0 Å². The summed E-state index contributed by atoms with van der Waals surface area (Å²) in [7, 11) is 0. The SMILES string of the molecule is SCCC#Cc1ccc(Cl)cn1. The number of pyridine rings is 1. The van der Waals surface area contributed by atoms with Gasteiger partial charge < -0.3 is 0 Å². The van der Waals surface area contributed by atoms with Crippen LogP contribution in [0.2, 0.25) is 5.02 Å². The number of nitrogens with zero attached hydrogens (tertiary/aromatic N) is 1. The van der Waals surface area contributed by atoms with Crippen LogP contribution >= 0.6 is 24.2 Å². The molecule has 3 heteroatoms. The third-order valence-electron chi connectivity index (χ3n) is 1.18. The molecule has 0 amide bonds. The molecule has 1 nitrogen and oxygen atoms in total. The normalized spacial score (nSPS) is 8.83. The molecule has 0 saturated heterocycles. The Morgan fingerprint density at radius 3 is 2.92 bits per heavy atom. The molecule has 0 aromatic carbocycles. The van der Waals surface area contributed by atoms with Gasteiger partial charge in [-0.1, -0.05) is 17.5 Å². The van der Waals surface area contributed by atoms with Gasteiger partial charge in [-0.2, -0.15) is 12.6 Å². The first-order chi connectivity index (χ1) is 5.83. The van der Waals surface area contributed by atoms with Gasteiger partial charge in [-0.15, -0.1) is 0 Å². The lowest BCUT2D eigenvalue weighted by atomic mass is 10.3. The number of aromatic nitrogens is 1. The molecule has 0 aliphatic rings. The molecule has 0 spiro atoms. The fraction of sp³-hybridized carbons (Fsp3) is 0.222. The third-order valence-corrected chi connectivity index (χ3v) is 1.63. The van der Waals surface area contributed by atoms with Crippen LogP contribution in [0.5, 0.6) is 0 Å². The Morgan fingerprint density at radius 2 is 2.33 bits per heavy atom. The third kappa shape index (κ3) is 3.17. The van der Waals surface area contributed by atoms with E-state index in [0.717, 1.165) is 17.9 Å². The van der Waals surface area contributed by atoms with Crippen molar-refractivity contribution in [2.24, 2.45) is 0 Å². The molecule has 0 aliphatic carbocycles. The van der Waals surface area contributed by atoms with Gasteiger partial charge in [-0.3, -0.25) is 0 Å². The Kier molecular flexibility index (Phi) is 3.99. The van der Waals surface area contributed by atoms with Gasteiger partial charge in [-0.05, 0) is 18.1 Å². The van der Waals surface area contributed by atoms with Gasteiger partial charge in [0.1, 0.15) is 5.69 Å². The monoisotopic (exact) mass is 197 g/mol. The van der Waals surface area contributed by atoms with Gasteiger partial charge in [0.15, 0.2) is 0 Å². The number of hydrogen-bond acceptors (Lipinski definition) is 2. The molecular formula is C9H8ClNS. The van der Waals surface area contributed by atoms with Crippen LogP contribution < -0.4 is 0 Å². The van der Waals surface area contributed by atoms with E-state index in [2.05, 4.69) is 29.5 Å². The van der Waals surface area contributed by atoms with Crippen molar-refractivity contribution < 1.29 is 0 Å². The first-order valence-corrected chi connectivity index (χ1v) is 4.55. The van der Waals surface area contributed by atoms with Crippen LogP contribution in [0.4, 0.5) is 0 Å². The van der Waals surface area contributed by atoms with Crippen molar-refractivity contribution >= 4 is 24.2 Å². The lowest BCUT2D eigenvalue weighted by Gasteiger charge is -1.88. The Bertz CT molecular complexity index is 297. The fourth-order valence-corrected chi connectivity index (χ4v) is 0.882. The van der Waals surface area contributed by atoms with Gasteiger partial charge in [0.25, 0.3) is 0 Å². The molecule has 0 N–H and O–H groups in total. The second kappa shape index (κ2) is 5.08. The predicted octanol–water partition coefficient (Wildman–Crippen LogP) is 2.41. The Labute approximate surface area is 82.6 Å². The minimum Gasteiger partial charge on any atom is -0.246 e. The molecule has 0 fully saturated rings. The summed E-state index contributed by atoms with van der Waals surface area (Å²) in [5, 5.41) is 0.634. The standard InChI is InChI=1S/C9H8ClNS/c10-8-4-5-9(11-7-8)3-1-2-6-12/h4-5,7,12H,2,6H2. The van der Waals surface area contributed by atoms with Crippen molar-refractivity contribution in [3.63, 3.8) is 0 Å². The molecule has 0 bridgehead atoms. The number of thiol groups is 1. The van der Waals surface area contributed by atoms with E-state index in [1.165, 1.54) is 0 Å². The molecule has 1 aromatic heterocycles. The molecule has 0 radical (unpaired) electrons. The molecule has 1 rings (SSSR count). The highest BCUT2D eigenvalue weighted by Crippen LogP contribution is 2.04. The minimum atomic E-state index is 0.634. The zero-order chi connectivity index (χ0) is 8.81. The van der Waals surface area contributed by atoms with Crippen LogP contribution in [0.1, 0.15) is 12.1 Å². The van der Waals surface area contributed by atoms with Crippen LogP contribution in [0.25, 0.3) is 0 Å². The molecule has 62 valence electrons. The summed E-state index contributed by atoms with van der Waals surface area (Å²) < 4.78 is 0. The molecule has 1 aromatic rings. The molecule has 12 heavy (non-hydrogen) atoms. The second-order valence-corrected chi connectivity index (χ2v) is 3.02. The van der Waals surface area contributed by atoms with Crippen molar-refractivity contribution in [1.82, 2.24) is 4.98 Å². The Morgan fingerprint density at radius 1 is 1.50 bits per heavy atom. The summed E-state index contributed by atoms with van der Waals surface area (Å²) in [6, 6.07) is 3.58. The van der Waals surface area contributed by atoms with Crippen LogP contribution in [0, 0.1) is 11.8 Å².